The molecule has 0 radical (unpaired) electrons. The number of hydrogen-bond acceptors (Lipinski definition) is 6. The van der Waals surface area contributed by atoms with Crippen molar-refractivity contribution in [3.63, 3.8) is 0 Å². The number of guanidine groups is 1. The number of rotatable bonds is 5. The molecule has 1 aromatic heterocycles. The number of aliphatic imine (C=N–C) groups is 1. The van der Waals surface area contributed by atoms with E-state index in [0.29, 0.717) is 21.6 Å². The van der Waals surface area contributed by atoms with Crippen molar-refractivity contribution in [2.24, 2.45) is 4.99 Å². The largest absolute Gasteiger partial charge is 0.362 e. The molecule has 0 aliphatic carbocycles. The van der Waals surface area contributed by atoms with Gasteiger partial charge in [0.15, 0.2) is 0 Å². The van der Waals surface area contributed by atoms with Gasteiger partial charge in [-0.1, -0.05) is 36.0 Å². The highest BCUT2D eigenvalue weighted by Gasteiger charge is 2.24. The third-order valence-corrected chi connectivity index (χ3v) is 7.08. The molecule has 1 unspecified atom stereocenters. The molecular formula is C26H23ClFN7OS. The number of halogens is 2. The molecule has 0 saturated carbocycles. The molecule has 0 spiro atoms. The summed E-state index contributed by atoms with van der Waals surface area (Å²) < 4.78 is 13.9. The van der Waals surface area contributed by atoms with E-state index in [1.165, 1.54) is 41.7 Å². The Morgan fingerprint density at radius 3 is 2.89 bits per heavy atom. The van der Waals surface area contributed by atoms with Crippen LogP contribution in [0.1, 0.15) is 18.1 Å². The first-order valence-corrected chi connectivity index (χ1v) is 12.4. The number of hydrogen-bond donors (Lipinski definition) is 2. The SMILES string of the molecule is C=CN=C(NC(=O)N(Cc1ccc(F)c(C#N)c1)c1cncc(Cl)c1)Nc1ccc2c(c1)SC(C)N2C. The lowest BCUT2D eigenvalue weighted by Gasteiger charge is -2.24. The number of urea groups is 1. The van der Waals surface area contributed by atoms with Gasteiger partial charge < -0.3 is 10.2 Å². The van der Waals surface area contributed by atoms with Crippen LogP contribution in [-0.4, -0.2) is 29.4 Å². The summed E-state index contributed by atoms with van der Waals surface area (Å²) in [4.78, 5) is 26.4. The Morgan fingerprint density at radius 1 is 1.35 bits per heavy atom. The second-order valence-electron chi connectivity index (χ2n) is 8.10. The van der Waals surface area contributed by atoms with E-state index in [1.54, 1.807) is 17.8 Å². The molecule has 2 heterocycles. The molecule has 2 amide bonds. The predicted octanol–water partition coefficient (Wildman–Crippen LogP) is 5.96. The van der Waals surface area contributed by atoms with Crippen molar-refractivity contribution in [1.29, 1.82) is 5.26 Å². The lowest BCUT2D eigenvalue weighted by atomic mass is 10.1. The topological polar surface area (TPSA) is 96.7 Å². The van der Waals surface area contributed by atoms with E-state index < -0.39 is 11.8 Å². The molecule has 37 heavy (non-hydrogen) atoms. The molecule has 2 aromatic carbocycles. The van der Waals surface area contributed by atoms with Gasteiger partial charge in [0.25, 0.3) is 0 Å². The van der Waals surface area contributed by atoms with Crippen LogP contribution in [0.2, 0.25) is 5.02 Å². The molecule has 0 bridgehead atoms. The van der Waals surface area contributed by atoms with Crippen LogP contribution in [0, 0.1) is 17.1 Å². The van der Waals surface area contributed by atoms with Gasteiger partial charge in [0.2, 0.25) is 5.96 Å². The van der Waals surface area contributed by atoms with Crippen LogP contribution < -0.4 is 20.4 Å². The van der Waals surface area contributed by atoms with Crippen LogP contribution in [0.5, 0.6) is 0 Å². The maximum atomic E-state index is 13.9. The number of nitriles is 1. The number of nitrogens with one attached hydrogen (secondary N) is 2. The molecule has 8 nitrogen and oxygen atoms in total. The third-order valence-electron chi connectivity index (χ3n) is 5.63. The molecular weight excluding hydrogens is 513 g/mol. The van der Waals surface area contributed by atoms with Gasteiger partial charge in [-0.15, -0.1) is 0 Å². The fourth-order valence-corrected chi connectivity index (χ4v) is 5.03. The highest BCUT2D eigenvalue weighted by atomic mass is 35.5. The Labute approximate surface area is 223 Å². The number of thioether (sulfide) groups is 1. The zero-order chi connectivity index (χ0) is 26.5. The standard InChI is InChI=1S/C26H23ClFN7OS/c1-4-31-25(32-20-6-8-23-24(11-20)37-16(2)34(23)3)33-26(36)35(21-10-19(27)13-30-14-21)15-17-5-7-22(28)18(9-17)12-29/h4-11,13-14,16H,1,15H2,2-3H3,(H2,31,32,33,36). The lowest BCUT2D eigenvalue weighted by molar-refractivity contribution is 0.250. The van der Waals surface area contributed by atoms with Gasteiger partial charge in [0.1, 0.15) is 11.9 Å². The highest BCUT2D eigenvalue weighted by molar-refractivity contribution is 8.00. The second-order valence-corrected chi connectivity index (χ2v) is 9.89. The molecule has 1 atom stereocenters. The normalized spacial score (nSPS) is 14.5. The van der Waals surface area contributed by atoms with Crippen molar-refractivity contribution in [2.45, 2.75) is 23.7 Å². The van der Waals surface area contributed by atoms with E-state index >= 15 is 0 Å². The Kier molecular flexibility index (Phi) is 7.96. The minimum Gasteiger partial charge on any atom is -0.362 e. The number of fused-ring (bicyclic) bond motifs is 1. The first-order chi connectivity index (χ1) is 17.8. The van der Waals surface area contributed by atoms with Crippen molar-refractivity contribution >= 4 is 52.4 Å². The Morgan fingerprint density at radius 2 is 2.16 bits per heavy atom. The van der Waals surface area contributed by atoms with Crippen LogP contribution in [-0.2, 0) is 6.54 Å². The van der Waals surface area contributed by atoms with E-state index in [-0.39, 0.29) is 18.1 Å². The smallest absolute Gasteiger partial charge is 0.329 e. The number of aromatic nitrogens is 1. The van der Waals surface area contributed by atoms with Crippen LogP contribution in [0.4, 0.5) is 26.2 Å². The average Bonchev–Trinajstić information content (AvgIpc) is 3.16. The molecule has 3 aromatic rings. The number of carbonyl (C=O) groups is 1. The van der Waals surface area contributed by atoms with Crippen LogP contribution in [0.25, 0.3) is 0 Å². The first kappa shape index (κ1) is 26.0. The summed E-state index contributed by atoms with van der Waals surface area (Å²) in [5, 5.41) is 15.7. The summed E-state index contributed by atoms with van der Waals surface area (Å²) in [6.45, 7) is 5.79. The fraction of sp³-hybridized carbons (Fsp3) is 0.154. The Balaban J connectivity index is 1.59. The van der Waals surface area contributed by atoms with Gasteiger partial charge in [-0.25, -0.2) is 14.2 Å². The summed E-state index contributed by atoms with van der Waals surface area (Å²) >= 11 is 7.86. The van der Waals surface area contributed by atoms with E-state index in [2.05, 4.69) is 39.0 Å². The van der Waals surface area contributed by atoms with Gasteiger partial charge in [-0.2, -0.15) is 5.26 Å². The molecule has 0 saturated heterocycles. The molecule has 188 valence electrons. The third kappa shape index (κ3) is 6.02. The number of nitrogens with zero attached hydrogens (tertiary/aromatic N) is 5. The van der Waals surface area contributed by atoms with Gasteiger partial charge in [0, 0.05) is 30.0 Å². The zero-order valence-corrected chi connectivity index (χ0v) is 21.6. The predicted molar refractivity (Wildman–Crippen MR) is 146 cm³/mol. The minimum absolute atomic E-state index is 0.0178. The maximum Gasteiger partial charge on any atom is 0.329 e. The van der Waals surface area contributed by atoms with Crippen LogP contribution in [0.3, 0.4) is 0 Å². The van der Waals surface area contributed by atoms with Crippen molar-refractivity contribution in [3.05, 3.63) is 89.6 Å². The van der Waals surface area contributed by atoms with E-state index in [9.17, 15) is 14.4 Å². The number of pyridine rings is 1. The van der Waals surface area contributed by atoms with Gasteiger partial charge in [-0.05, 0) is 48.9 Å². The number of amides is 2. The molecule has 11 heteroatoms. The number of carbonyl (C=O) groups excluding carboxylic acids is 1. The quantitative estimate of drug-likeness (QED) is 0.309. The van der Waals surface area contributed by atoms with Gasteiger partial charge >= 0.3 is 6.03 Å². The van der Waals surface area contributed by atoms with E-state index in [4.69, 9.17) is 11.6 Å². The minimum atomic E-state index is -0.635. The van der Waals surface area contributed by atoms with E-state index in [1.807, 2.05) is 31.3 Å². The van der Waals surface area contributed by atoms with Crippen LogP contribution >= 0.6 is 23.4 Å². The second kappa shape index (κ2) is 11.3. The number of benzene rings is 2. The fourth-order valence-electron chi connectivity index (χ4n) is 3.70. The monoisotopic (exact) mass is 535 g/mol. The molecule has 1 aliphatic heterocycles. The van der Waals surface area contributed by atoms with Crippen LogP contribution in [0.15, 0.2) is 77.5 Å². The van der Waals surface area contributed by atoms with Gasteiger partial charge in [0.05, 0.1) is 40.1 Å². The average molecular weight is 536 g/mol. The van der Waals surface area contributed by atoms with Crippen molar-refractivity contribution in [2.75, 3.05) is 22.2 Å². The van der Waals surface area contributed by atoms with Gasteiger partial charge in [-0.3, -0.25) is 15.2 Å². The summed E-state index contributed by atoms with van der Waals surface area (Å²) in [6.07, 6.45) is 4.24. The summed E-state index contributed by atoms with van der Waals surface area (Å²) in [5.74, 6) is -0.481. The first-order valence-electron chi connectivity index (χ1n) is 11.2. The molecule has 4 rings (SSSR count). The zero-order valence-electron chi connectivity index (χ0n) is 20.1. The summed E-state index contributed by atoms with van der Waals surface area (Å²) in [6, 6.07) is 12.8. The highest BCUT2D eigenvalue weighted by Crippen LogP contribution is 2.43. The number of anilines is 3. The van der Waals surface area contributed by atoms with E-state index in [0.717, 1.165) is 16.3 Å². The van der Waals surface area contributed by atoms with Crippen molar-refractivity contribution < 1.29 is 9.18 Å². The van der Waals surface area contributed by atoms with Crippen molar-refractivity contribution in [3.8, 4) is 6.07 Å². The van der Waals surface area contributed by atoms with Crippen molar-refractivity contribution in [1.82, 2.24) is 10.3 Å². The molecule has 1 aliphatic rings. The summed E-state index contributed by atoms with van der Waals surface area (Å²) in [7, 11) is 2.04. The Bertz CT molecular complexity index is 1420. The molecule has 0 fully saturated rings. The summed E-state index contributed by atoms with van der Waals surface area (Å²) in [5.41, 5.74) is 2.69. The molecule has 2 N–H and O–H groups in total. The maximum absolute atomic E-state index is 13.9. The Hall–Kier alpha value is -4.07. The lowest BCUT2D eigenvalue weighted by Crippen LogP contribution is -2.45.